The molecule has 0 amide bonds. The summed E-state index contributed by atoms with van der Waals surface area (Å²) in [4.78, 5) is 0. The highest BCUT2D eigenvalue weighted by Crippen LogP contribution is 2.17. The lowest BCUT2D eigenvalue weighted by Gasteiger charge is -2.25. The molecule has 1 radical (unpaired) electrons. The van der Waals surface area contributed by atoms with Crippen molar-refractivity contribution < 1.29 is 4.74 Å². The van der Waals surface area contributed by atoms with Gasteiger partial charge in [0.05, 0.1) is 6.10 Å². The van der Waals surface area contributed by atoms with Crippen molar-refractivity contribution in [3.05, 3.63) is 6.42 Å². The first kappa shape index (κ1) is 13.0. The minimum absolute atomic E-state index is 0.509. The maximum absolute atomic E-state index is 5.35. The summed E-state index contributed by atoms with van der Waals surface area (Å²) < 4.78 is 5.35. The van der Waals surface area contributed by atoms with Gasteiger partial charge in [0, 0.05) is 6.61 Å². The lowest BCUT2D eigenvalue weighted by Crippen LogP contribution is -2.26. The van der Waals surface area contributed by atoms with Gasteiger partial charge in [0.25, 0.3) is 0 Å². The standard InChI is InChI=1S/C14H27O/c1-2-3-4-5-6-7-8-9-10-11-14-12-13-15-14/h11,14H,2-10,12-13H2,1H3. The average Bonchev–Trinajstić information content (AvgIpc) is 2.18. The van der Waals surface area contributed by atoms with Crippen molar-refractivity contribution in [2.75, 3.05) is 6.61 Å². The molecule has 1 heterocycles. The molecule has 1 aliphatic rings. The van der Waals surface area contributed by atoms with E-state index in [1.807, 2.05) is 0 Å². The van der Waals surface area contributed by atoms with E-state index in [0.717, 1.165) is 6.61 Å². The molecule has 0 aromatic heterocycles. The molecular weight excluding hydrogens is 184 g/mol. The highest BCUT2D eigenvalue weighted by Gasteiger charge is 2.16. The van der Waals surface area contributed by atoms with Crippen LogP contribution in [0, 0.1) is 6.42 Å². The van der Waals surface area contributed by atoms with Gasteiger partial charge in [0.15, 0.2) is 0 Å². The van der Waals surface area contributed by atoms with E-state index in [1.54, 1.807) is 0 Å². The molecule has 1 nitrogen and oxygen atoms in total. The highest BCUT2D eigenvalue weighted by molar-refractivity contribution is 4.81. The molecular formula is C14H27O. The fraction of sp³-hybridized carbons (Fsp3) is 0.929. The third-order valence-corrected chi connectivity index (χ3v) is 3.22. The third-order valence-electron chi connectivity index (χ3n) is 3.22. The van der Waals surface area contributed by atoms with Crippen LogP contribution in [0.1, 0.15) is 71.1 Å². The van der Waals surface area contributed by atoms with E-state index in [1.165, 1.54) is 64.2 Å². The van der Waals surface area contributed by atoms with E-state index < -0.39 is 0 Å². The smallest absolute Gasteiger partial charge is 0.0628 e. The van der Waals surface area contributed by atoms with Crippen LogP contribution in [0.15, 0.2) is 0 Å². The van der Waals surface area contributed by atoms with Gasteiger partial charge in [-0.15, -0.1) is 0 Å². The van der Waals surface area contributed by atoms with E-state index in [4.69, 9.17) is 4.74 Å². The maximum atomic E-state index is 5.35. The van der Waals surface area contributed by atoms with Crippen molar-refractivity contribution in [3.8, 4) is 0 Å². The van der Waals surface area contributed by atoms with Gasteiger partial charge in [-0.2, -0.15) is 0 Å². The van der Waals surface area contributed by atoms with Crippen LogP contribution in [-0.4, -0.2) is 12.7 Å². The molecule has 0 aromatic carbocycles. The summed E-state index contributed by atoms with van der Waals surface area (Å²) in [6.45, 7) is 3.26. The van der Waals surface area contributed by atoms with Gasteiger partial charge in [-0.1, -0.05) is 58.3 Å². The Morgan fingerprint density at radius 2 is 1.60 bits per heavy atom. The van der Waals surface area contributed by atoms with Crippen LogP contribution in [0.25, 0.3) is 0 Å². The summed E-state index contributed by atoms with van der Waals surface area (Å²) in [5, 5.41) is 0. The monoisotopic (exact) mass is 211 g/mol. The topological polar surface area (TPSA) is 9.23 Å². The maximum Gasteiger partial charge on any atom is 0.0628 e. The lowest BCUT2D eigenvalue weighted by atomic mass is 10.0. The second-order valence-electron chi connectivity index (χ2n) is 4.70. The Balaban J connectivity index is 1.66. The van der Waals surface area contributed by atoms with Crippen molar-refractivity contribution in [1.29, 1.82) is 0 Å². The van der Waals surface area contributed by atoms with Gasteiger partial charge in [-0.05, 0) is 19.3 Å². The zero-order valence-electron chi connectivity index (χ0n) is 10.3. The second-order valence-corrected chi connectivity index (χ2v) is 4.70. The van der Waals surface area contributed by atoms with E-state index >= 15 is 0 Å². The predicted octanol–water partition coefficient (Wildman–Crippen LogP) is 4.51. The quantitative estimate of drug-likeness (QED) is 0.483. The molecule has 15 heavy (non-hydrogen) atoms. The lowest BCUT2D eigenvalue weighted by molar-refractivity contribution is -0.0306. The molecule has 1 aliphatic heterocycles. The second kappa shape index (κ2) is 9.21. The van der Waals surface area contributed by atoms with Crippen LogP contribution >= 0.6 is 0 Å². The highest BCUT2D eigenvalue weighted by atomic mass is 16.5. The number of hydrogen-bond donors (Lipinski definition) is 0. The van der Waals surface area contributed by atoms with Crippen molar-refractivity contribution in [2.45, 2.75) is 77.2 Å². The van der Waals surface area contributed by atoms with Crippen LogP contribution in [0.3, 0.4) is 0 Å². The zero-order chi connectivity index (χ0) is 10.8. The Kier molecular flexibility index (Phi) is 7.99. The van der Waals surface area contributed by atoms with Crippen LogP contribution in [0.5, 0.6) is 0 Å². The summed E-state index contributed by atoms with van der Waals surface area (Å²) in [5.74, 6) is 0. The van der Waals surface area contributed by atoms with E-state index in [0.29, 0.717) is 6.10 Å². The zero-order valence-corrected chi connectivity index (χ0v) is 10.3. The Labute approximate surface area is 95.6 Å². The summed E-state index contributed by atoms with van der Waals surface area (Å²) in [5.41, 5.74) is 0. The molecule has 1 heteroatoms. The van der Waals surface area contributed by atoms with Gasteiger partial charge in [-0.25, -0.2) is 0 Å². The minimum Gasteiger partial charge on any atom is -0.378 e. The first-order valence-electron chi connectivity index (χ1n) is 6.88. The van der Waals surface area contributed by atoms with Gasteiger partial charge in [0.2, 0.25) is 0 Å². The molecule has 0 aromatic rings. The molecule has 1 fully saturated rings. The fourth-order valence-corrected chi connectivity index (χ4v) is 2.02. The van der Waals surface area contributed by atoms with Crippen molar-refractivity contribution in [2.24, 2.45) is 0 Å². The van der Waals surface area contributed by atoms with Gasteiger partial charge < -0.3 is 4.74 Å². The summed E-state index contributed by atoms with van der Waals surface area (Å²) in [7, 11) is 0. The Morgan fingerprint density at radius 1 is 1.00 bits per heavy atom. The van der Waals surface area contributed by atoms with Gasteiger partial charge in [0.1, 0.15) is 0 Å². The van der Waals surface area contributed by atoms with Crippen molar-refractivity contribution >= 4 is 0 Å². The number of rotatable bonds is 10. The van der Waals surface area contributed by atoms with Crippen LogP contribution < -0.4 is 0 Å². The molecule has 1 unspecified atom stereocenters. The molecule has 0 N–H and O–H groups in total. The summed E-state index contributed by atoms with van der Waals surface area (Å²) in [6, 6.07) is 0. The fourth-order valence-electron chi connectivity index (χ4n) is 2.02. The summed E-state index contributed by atoms with van der Waals surface area (Å²) >= 11 is 0. The van der Waals surface area contributed by atoms with Crippen LogP contribution in [0.2, 0.25) is 0 Å². The normalized spacial score (nSPS) is 20.2. The molecule has 1 saturated heterocycles. The Morgan fingerprint density at radius 3 is 2.13 bits per heavy atom. The first-order chi connectivity index (χ1) is 7.43. The SMILES string of the molecule is CCCCCCCCCC[CH]C1CCO1. The average molecular weight is 211 g/mol. The van der Waals surface area contributed by atoms with E-state index in [9.17, 15) is 0 Å². The van der Waals surface area contributed by atoms with Crippen LogP contribution in [-0.2, 0) is 4.74 Å². The Bertz CT molecular complexity index is 129. The molecule has 0 saturated carbocycles. The number of unbranched alkanes of at least 4 members (excludes halogenated alkanes) is 8. The van der Waals surface area contributed by atoms with Crippen molar-refractivity contribution in [3.63, 3.8) is 0 Å². The Hall–Kier alpha value is -0.0400. The van der Waals surface area contributed by atoms with E-state index in [2.05, 4.69) is 13.3 Å². The summed E-state index contributed by atoms with van der Waals surface area (Å²) in [6.07, 6.45) is 16.7. The first-order valence-corrected chi connectivity index (χ1v) is 6.88. The molecule has 1 rings (SSSR count). The van der Waals surface area contributed by atoms with Crippen LogP contribution in [0.4, 0.5) is 0 Å². The molecule has 1 atom stereocenters. The van der Waals surface area contributed by atoms with Gasteiger partial charge in [-0.3, -0.25) is 0 Å². The third kappa shape index (κ3) is 6.94. The van der Waals surface area contributed by atoms with E-state index in [-0.39, 0.29) is 0 Å². The molecule has 0 spiro atoms. The molecule has 89 valence electrons. The van der Waals surface area contributed by atoms with Crippen molar-refractivity contribution in [1.82, 2.24) is 0 Å². The molecule has 0 aliphatic carbocycles. The minimum atomic E-state index is 0.509. The van der Waals surface area contributed by atoms with Gasteiger partial charge >= 0.3 is 0 Å². The number of ether oxygens (including phenoxy) is 1. The predicted molar refractivity (Wildman–Crippen MR) is 65.9 cm³/mol. The largest absolute Gasteiger partial charge is 0.378 e. The molecule has 0 bridgehead atoms. The number of hydrogen-bond acceptors (Lipinski definition) is 1.